The Hall–Kier alpha value is -2.30. The Bertz CT molecular complexity index is 1070. The van der Waals surface area contributed by atoms with Crippen LogP contribution in [0.5, 0.6) is 0 Å². The van der Waals surface area contributed by atoms with Gasteiger partial charge in [-0.15, -0.1) is 11.3 Å². The number of Topliss-reactive ketones (excluding diaryl/α,β-unsaturated/α-hetero) is 2. The highest BCUT2D eigenvalue weighted by atomic mass is 32.1. The van der Waals surface area contributed by atoms with Gasteiger partial charge in [0, 0.05) is 17.3 Å². The van der Waals surface area contributed by atoms with Crippen LogP contribution in [0.4, 0.5) is 0 Å². The minimum atomic E-state index is -0.996. The van der Waals surface area contributed by atoms with Crippen LogP contribution < -0.4 is 0 Å². The molecule has 1 aromatic heterocycles. The van der Waals surface area contributed by atoms with Gasteiger partial charge >= 0.3 is 5.97 Å². The predicted octanol–water partition coefficient (Wildman–Crippen LogP) is 4.75. The molecule has 1 aromatic rings. The molecule has 0 radical (unpaired) electrons. The van der Waals surface area contributed by atoms with Crippen LogP contribution in [-0.2, 0) is 19.1 Å². The molecule has 1 spiro atoms. The lowest BCUT2D eigenvalue weighted by Crippen LogP contribution is -2.69. The van der Waals surface area contributed by atoms with E-state index < -0.39 is 16.2 Å². The van der Waals surface area contributed by atoms with E-state index in [1.54, 1.807) is 6.07 Å². The lowest BCUT2D eigenvalue weighted by molar-refractivity contribution is -0.204. The van der Waals surface area contributed by atoms with Gasteiger partial charge in [-0.3, -0.25) is 9.59 Å². The van der Waals surface area contributed by atoms with Crippen LogP contribution >= 0.6 is 11.3 Å². The van der Waals surface area contributed by atoms with E-state index >= 15 is 0 Å². The number of hydrogen-bond donors (Lipinski definition) is 0. The van der Waals surface area contributed by atoms with E-state index in [2.05, 4.69) is 19.6 Å². The average molecular weight is 482 g/mol. The number of carbonyl (C=O) groups excluding carboxylic acids is 3. The van der Waals surface area contributed by atoms with Gasteiger partial charge in [0.1, 0.15) is 17.3 Å². The number of ketones is 2. The number of allylic oxidation sites excluding steroid dienone is 1. The fraction of sp³-hybridized carbons (Fsp3) is 0.630. The molecule has 7 heteroatoms. The highest BCUT2D eigenvalue weighted by molar-refractivity contribution is 7.11. The SMILES string of the molecule is C=C1C(=O)C23CCC1CC2C1(COCC#N)CCCC(C)(COC(=O)c2cccs2)C1CC3=O. The molecule has 0 saturated heterocycles. The topological polar surface area (TPSA) is 93.5 Å². The smallest absolute Gasteiger partial charge is 0.348 e. The monoisotopic (exact) mass is 481 g/mol. The van der Waals surface area contributed by atoms with Crippen LogP contribution in [-0.4, -0.2) is 37.4 Å². The second-order valence-electron chi connectivity index (χ2n) is 11.0. The largest absolute Gasteiger partial charge is 0.461 e. The number of nitrogens with zero attached hydrogens (tertiary/aromatic N) is 1. The van der Waals surface area contributed by atoms with Crippen molar-refractivity contribution < 1.29 is 23.9 Å². The molecule has 180 valence electrons. The van der Waals surface area contributed by atoms with Crippen molar-refractivity contribution in [3.05, 3.63) is 34.5 Å². The van der Waals surface area contributed by atoms with Crippen LogP contribution in [0.25, 0.3) is 0 Å². The van der Waals surface area contributed by atoms with Crippen molar-refractivity contribution in [1.82, 2.24) is 0 Å². The van der Waals surface area contributed by atoms with Crippen molar-refractivity contribution in [3.63, 3.8) is 0 Å². The lowest BCUT2D eigenvalue weighted by Gasteiger charge is -2.66. The van der Waals surface area contributed by atoms with Gasteiger partial charge in [0.2, 0.25) is 0 Å². The van der Waals surface area contributed by atoms with E-state index in [9.17, 15) is 14.4 Å². The van der Waals surface area contributed by atoms with Gasteiger partial charge in [-0.25, -0.2) is 4.79 Å². The molecule has 0 amide bonds. The average Bonchev–Trinajstić information content (AvgIpc) is 3.37. The molecule has 5 saturated carbocycles. The number of fused-ring (bicyclic) bond motifs is 3. The van der Waals surface area contributed by atoms with E-state index in [-0.39, 0.29) is 54.9 Å². The summed E-state index contributed by atoms with van der Waals surface area (Å²) in [6, 6.07) is 5.64. The Balaban J connectivity index is 1.51. The molecule has 5 aliphatic rings. The van der Waals surface area contributed by atoms with Gasteiger partial charge in [-0.05, 0) is 66.9 Å². The summed E-state index contributed by atoms with van der Waals surface area (Å²) in [6.07, 6.45) is 5.07. The van der Waals surface area contributed by atoms with E-state index in [4.69, 9.17) is 14.7 Å². The third kappa shape index (κ3) is 3.25. The van der Waals surface area contributed by atoms with E-state index in [0.29, 0.717) is 23.5 Å². The number of carbonyl (C=O) groups is 3. The molecule has 6 unspecified atom stereocenters. The normalized spacial score (nSPS) is 38.7. The summed E-state index contributed by atoms with van der Waals surface area (Å²) < 4.78 is 11.7. The molecule has 6 nitrogen and oxygen atoms in total. The highest BCUT2D eigenvalue weighted by Crippen LogP contribution is 2.70. The van der Waals surface area contributed by atoms with Gasteiger partial charge in [-0.2, -0.15) is 5.26 Å². The Morgan fingerprint density at radius 1 is 1.26 bits per heavy atom. The first kappa shape index (κ1) is 23.4. The Labute approximate surface area is 204 Å². The number of hydrogen-bond acceptors (Lipinski definition) is 7. The van der Waals surface area contributed by atoms with Crippen molar-refractivity contribution in [2.75, 3.05) is 19.8 Å². The molecular formula is C27H31NO5S. The number of rotatable bonds is 6. The summed E-state index contributed by atoms with van der Waals surface area (Å²) >= 11 is 1.35. The van der Waals surface area contributed by atoms with E-state index in [1.165, 1.54) is 11.3 Å². The van der Waals surface area contributed by atoms with Gasteiger partial charge < -0.3 is 9.47 Å². The molecule has 0 aliphatic heterocycles. The second kappa shape index (κ2) is 8.42. The number of thiophene rings is 1. The zero-order chi connectivity index (χ0) is 24.1. The minimum Gasteiger partial charge on any atom is -0.461 e. The van der Waals surface area contributed by atoms with Gasteiger partial charge in [0.05, 0.1) is 24.7 Å². The van der Waals surface area contributed by atoms with Crippen LogP contribution in [0.2, 0.25) is 0 Å². The first-order valence-electron chi connectivity index (χ1n) is 12.2. The van der Waals surface area contributed by atoms with Crippen molar-refractivity contribution in [3.8, 4) is 6.07 Å². The zero-order valence-corrected chi connectivity index (χ0v) is 20.5. The third-order valence-electron chi connectivity index (χ3n) is 9.49. The molecule has 0 aromatic carbocycles. The quantitative estimate of drug-likeness (QED) is 0.252. The van der Waals surface area contributed by atoms with Crippen molar-refractivity contribution >= 4 is 28.9 Å². The summed E-state index contributed by atoms with van der Waals surface area (Å²) in [4.78, 5) is 40.6. The van der Waals surface area contributed by atoms with Crippen LogP contribution in [0.1, 0.15) is 61.5 Å². The van der Waals surface area contributed by atoms with E-state index in [0.717, 1.165) is 32.1 Å². The molecule has 5 fully saturated rings. The Morgan fingerprint density at radius 3 is 2.82 bits per heavy atom. The zero-order valence-electron chi connectivity index (χ0n) is 19.6. The van der Waals surface area contributed by atoms with Crippen LogP contribution in [0, 0.1) is 45.3 Å². The van der Waals surface area contributed by atoms with Gasteiger partial charge in [0.25, 0.3) is 0 Å². The third-order valence-corrected chi connectivity index (χ3v) is 10.3. The minimum absolute atomic E-state index is 0.0176. The molecule has 0 N–H and O–H groups in total. The van der Waals surface area contributed by atoms with Crippen LogP contribution in [0.15, 0.2) is 29.7 Å². The van der Waals surface area contributed by atoms with Crippen molar-refractivity contribution in [1.29, 1.82) is 5.26 Å². The highest BCUT2D eigenvalue weighted by Gasteiger charge is 2.71. The fourth-order valence-corrected chi connectivity index (χ4v) is 8.57. The number of ether oxygens (including phenoxy) is 2. The standard InChI is InChI=1S/C27H31NO5S/c1-17-18-6-9-27(23(17)30)21(13-18)26(16-32-11-10-28)8-4-7-25(2,20(26)14-22(27)29)15-33-24(31)19-5-3-12-34-19/h3,5,12,18,20-21H,1,4,6-9,11,13-16H2,2H3. The second-order valence-corrected chi connectivity index (χ2v) is 11.9. The first-order chi connectivity index (χ1) is 16.3. The maximum absolute atomic E-state index is 13.8. The summed E-state index contributed by atoms with van der Waals surface area (Å²) in [5.41, 5.74) is -1.19. The maximum Gasteiger partial charge on any atom is 0.348 e. The molecular weight excluding hydrogens is 450 g/mol. The lowest BCUT2D eigenvalue weighted by atomic mass is 9.36. The fourth-order valence-electron chi connectivity index (χ4n) is 7.95. The van der Waals surface area contributed by atoms with Crippen molar-refractivity contribution in [2.24, 2.45) is 34.0 Å². The molecule has 1 heterocycles. The van der Waals surface area contributed by atoms with Crippen molar-refractivity contribution in [2.45, 2.75) is 51.9 Å². The molecule has 34 heavy (non-hydrogen) atoms. The molecule has 2 bridgehead atoms. The Morgan fingerprint density at radius 2 is 2.09 bits per heavy atom. The summed E-state index contributed by atoms with van der Waals surface area (Å²) in [5.74, 6) is -0.445. The van der Waals surface area contributed by atoms with Gasteiger partial charge in [-0.1, -0.05) is 26.0 Å². The summed E-state index contributed by atoms with van der Waals surface area (Å²) in [6.45, 7) is 6.75. The number of esters is 1. The van der Waals surface area contributed by atoms with E-state index in [1.807, 2.05) is 11.4 Å². The Kier molecular flexibility index (Phi) is 5.81. The van der Waals surface area contributed by atoms with Gasteiger partial charge in [0.15, 0.2) is 5.78 Å². The maximum atomic E-state index is 13.8. The molecule has 5 aliphatic carbocycles. The molecule has 6 atom stereocenters. The molecule has 6 rings (SSSR count). The summed E-state index contributed by atoms with van der Waals surface area (Å²) in [5, 5.41) is 11.0. The number of nitriles is 1. The first-order valence-corrected chi connectivity index (χ1v) is 13.1. The predicted molar refractivity (Wildman–Crippen MR) is 126 cm³/mol. The van der Waals surface area contributed by atoms with Crippen LogP contribution in [0.3, 0.4) is 0 Å². The summed E-state index contributed by atoms with van der Waals surface area (Å²) in [7, 11) is 0.